The molecule has 0 saturated carbocycles. The molecule has 11 aliphatic rings. The lowest BCUT2D eigenvalue weighted by Gasteiger charge is -2.62. The standard InChI is InChI=1S/C86H50O10/c1-15-17-19-21-87-81-63-53-43-33-28-23-24-26-27-25(23)30-36-35(28)45(43)55-56-46(36)48-38(30)40-32(27)42-41-31(26)39-37-29(24)34(33)44-47(37)57-59-49(39)51(41)61-62-52(42)50(40)60-58(48)68-66(56)82(65(55)63,93-89-77(3,4)5)74-73(81)75-83(88-22-20-18-16-2,67(57)64(81)54(44)53)69(59)71(61)85(95-91-79(9,10)11)72(62)70(60)84(68,94-90-78(6,7)8)76(74)86(75,85)96-92-80(12,13)14/h1-2H,17-22H2,3-14H3/t81-,82+,83-,84+,85-,86+/m0/s1. The smallest absolute Gasteiger partial charge is 0.196 e. The van der Waals surface area contributed by atoms with Crippen molar-refractivity contribution in [2.75, 3.05) is 13.2 Å². The third-order valence-electron chi connectivity index (χ3n) is 27.6. The Morgan fingerprint density at radius 2 is 0.469 bits per heavy atom. The van der Waals surface area contributed by atoms with Crippen LogP contribution in [0, 0.1) is 24.7 Å². The number of terminal acetylenes is 2. The summed E-state index contributed by atoms with van der Waals surface area (Å²) in [6.07, 6.45) is 15.0. The van der Waals surface area contributed by atoms with Gasteiger partial charge in [0, 0.05) is 104 Å². The minimum atomic E-state index is -1.92. The second kappa shape index (κ2) is 11.9. The van der Waals surface area contributed by atoms with Gasteiger partial charge in [0.25, 0.3) is 0 Å². The number of hydrogen-bond acceptors (Lipinski definition) is 10. The van der Waals surface area contributed by atoms with Crippen molar-refractivity contribution < 1.29 is 48.6 Å². The molecule has 0 heterocycles. The summed E-state index contributed by atoms with van der Waals surface area (Å²) in [4.78, 5) is 64.2. The summed E-state index contributed by atoms with van der Waals surface area (Å²) in [5.41, 5.74) is 1.03. The highest BCUT2D eigenvalue weighted by atomic mass is 17.2. The Morgan fingerprint density at radius 3 is 0.802 bits per heavy atom. The first-order valence-electron chi connectivity index (χ1n) is 35.1. The zero-order valence-electron chi connectivity index (χ0n) is 54.5. The fraction of sp³-hybridized carbons (Fsp3) is 0.326. The van der Waals surface area contributed by atoms with Crippen LogP contribution in [-0.4, -0.2) is 41.2 Å². The highest BCUT2D eigenvalue weighted by Crippen LogP contribution is 2.92. The fourth-order valence-electron chi connectivity index (χ4n) is 26.9. The maximum atomic E-state index is 8.78. The predicted octanol–water partition coefficient (Wildman–Crippen LogP) is 19.7. The van der Waals surface area contributed by atoms with Crippen molar-refractivity contribution in [3.05, 3.63) is 77.9 Å². The molecule has 0 unspecified atom stereocenters. The molecule has 21 aromatic carbocycles. The highest BCUT2D eigenvalue weighted by Gasteiger charge is 2.91. The lowest BCUT2D eigenvalue weighted by molar-refractivity contribution is -0.479. The van der Waals surface area contributed by atoms with Gasteiger partial charge >= 0.3 is 0 Å². The van der Waals surface area contributed by atoms with Crippen molar-refractivity contribution in [3.63, 3.8) is 0 Å². The highest BCUT2D eigenvalue weighted by molar-refractivity contribution is 6.77. The molecule has 32 rings (SSSR count). The predicted molar refractivity (Wildman–Crippen MR) is 374 cm³/mol. The molecule has 11 aliphatic carbocycles. The van der Waals surface area contributed by atoms with Crippen LogP contribution in [-0.2, 0) is 76.6 Å². The van der Waals surface area contributed by atoms with Crippen LogP contribution in [0.25, 0.3) is 215 Å². The van der Waals surface area contributed by atoms with E-state index in [9.17, 15) is 0 Å². The van der Waals surface area contributed by atoms with Crippen LogP contribution in [0.3, 0.4) is 0 Å². The SMILES string of the molecule is C#CCCCO[C@]12C3=C4[C@]5(OCCCC#C)c6c1c1c7c2c2c8c9c%10c%11c%12c%13c%14c%15c%16c%17c(c5c5c6c6c1c1c%18c7c8c7c8c9c%12c9c%12c%13c%16c%13c%16c%17c5c5c6c1c1c(c7%18)c(c89)c(c%12%13)c1c5%16)[C@@]%15(OOC(C)(C)C)[C@]4(OOC(C)(C)C)C(=C3[C@@]2%10OOC(C)(C)C)[C@@]%11%14OOC(C)(C)C. The van der Waals surface area contributed by atoms with Crippen molar-refractivity contribution in [3.8, 4) is 24.7 Å². The molecular weight excluding hydrogens is 1190 g/mol. The van der Waals surface area contributed by atoms with Crippen LogP contribution in [0.5, 0.6) is 0 Å². The lowest BCUT2D eigenvalue weighted by Crippen LogP contribution is -2.70. The third-order valence-corrected chi connectivity index (χ3v) is 27.6. The van der Waals surface area contributed by atoms with E-state index in [0.717, 1.165) is 72.4 Å². The minimum Gasteiger partial charge on any atom is -0.361 e. The van der Waals surface area contributed by atoms with Gasteiger partial charge in [-0.25, -0.2) is 39.1 Å². The number of benzene rings is 15. The molecule has 454 valence electrons. The first-order valence-corrected chi connectivity index (χ1v) is 35.1. The Balaban J connectivity index is 1.03. The molecule has 0 bridgehead atoms. The average molecular weight is 1240 g/mol. The summed E-state index contributed by atoms with van der Waals surface area (Å²) in [5, 5.41) is 53.8. The second-order valence-corrected chi connectivity index (χ2v) is 35.8. The summed E-state index contributed by atoms with van der Waals surface area (Å²) in [7, 11) is 0. The van der Waals surface area contributed by atoms with Crippen molar-refractivity contribution in [1.29, 1.82) is 0 Å². The van der Waals surface area contributed by atoms with Crippen LogP contribution in [0.4, 0.5) is 0 Å². The van der Waals surface area contributed by atoms with E-state index in [2.05, 4.69) is 94.9 Å². The largest absolute Gasteiger partial charge is 0.361 e. The zero-order valence-corrected chi connectivity index (χ0v) is 54.5. The Kier molecular flexibility index (Phi) is 5.88. The van der Waals surface area contributed by atoms with Crippen LogP contribution in [0.1, 0.15) is 164 Å². The van der Waals surface area contributed by atoms with Gasteiger partial charge in [0.2, 0.25) is 0 Å². The van der Waals surface area contributed by atoms with E-state index in [4.69, 9.17) is 61.4 Å². The topological polar surface area (TPSA) is 92.3 Å². The van der Waals surface area contributed by atoms with E-state index in [0.29, 0.717) is 38.9 Å². The molecule has 6 atom stereocenters. The van der Waals surface area contributed by atoms with Gasteiger partial charge in [-0.2, -0.15) is 0 Å². The molecule has 0 spiro atoms. The van der Waals surface area contributed by atoms with Gasteiger partial charge in [0.1, 0.15) is 11.2 Å². The van der Waals surface area contributed by atoms with E-state index >= 15 is 0 Å². The van der Waals surface area contributed by atoms with Crippen molar-refractivity contribution in [1.82, 2.24) is 0 Å². The molecule has 0 aromatic heterocycles. The van der Waals surface area contributed by atoms with Crippen LogP contribution in [0.15, 0.2) is 22.3 Å². The van der Waals surface area contributed by atoms with E-state index in [1.807, 2.05) is 0 Å². The normalized spacial score (nSPS) is 27.4. The van der Waals surface area contributed by atoms with E-state index in [1.165, 1.54) is 221 Å². The van der Waals surface area contributed by atoms with Gasteiger partial charge < -0.3 is 9.47 Å². The average Bonchev–Trinajstić information content (AvgIpc) is 1.37. The van der Waals surface area contributed by atoms with E-state index in [-0.39, 0.29) is 0 Å². The molecule has 10 heteroatoms. The Labute approximate surface area is 541 Å². The van der Waals surface area contributed by atoms with Gasteiger partial charge in [0.05, 0.1) is 22.4 Å². The van der Waals surface area contributed by atoms with E-state index < -0.39 is 56.0 Å². The van der Waals surface area contributed by atoms with Gasteiger partial charge in [0.15, 0.2) is 22.4 Å². The molecule has 21 aromatic rings. The van der Waals surface area contributed by atoms with Gasteiger partial charge in [-0.1, -0.05) is 0 Å². The lowest BCUT2D eigenvalue weighted by atomic mass is 9.49. The van der Waals surface area contributed by atoms with Crippen LogP contribution >= 0.6 is 0 Å². The minimum absolute atomic E-state index is 0.321. The molecule has 0 N–H and O–H groups in total. The summed E-state index contributed by atoms with van der Waals surface area (Å²) in [5.74, 6) is 6.09. The monoisotopic (exact) mass is 1240 g/mol. The molecular formula is C86H50O10. The first kappa shape index (κ1) is 47.6. The molecule has 0 fully saturated rings. The summed E-state index contributed by atoms with van der Waals surface area (Å²) < 4.78 is 17.5. The van der Waals surface area contributed by atoms with Crippen molar-refractivity contribution in [2.24, 2.45) is 0 Å². The Bertz CT molecular complexity index is 7760. The molecule has 0 radical (unpaired) electrons. The Morgan fingerprint density at radius 1 is 0.250 bits per heavy atom. The second-order valence-electron chi connectivity index (χ2n) is 35.8. The fourth-order valence-corrected chi connectivity index (χ4v) is 26.9. The third kappa shape index (κ3) is 3.31. The molecule has 10 nitrogen and oxygen atoms in total. The van der Waals surface area contributed by atoms with Crippen LogP contribution < -0.4 is 0 Å². The van der Waals surface area contributed by atoms with Crippen LogP contribution in [0.2, 0.25) is 0 Å². The number of ether oxygens (including phenoxy) is 2. The summed E-state index contributed by atoms with van der Waals surface area (Å²) in [6.45, 7) is 25.9. The quantitative estimate of drug-likeness (QED) is 0.0306. The molecule has 0 amide bonds. The Hall–Kier alpha value is -8.30. The first-order chi connectivity index (χ1) is 46.2. The number of unbranched alkanes of at least 4 members (excludes halogenated alkanes) is 2. The summed E-state index contributed by atoms with van der Waals surface area (Å²) >= 11 is 0. The van der Waals surface area contributed by atoms with Crippen molar-refractivity contribution >= 4 is 215 Å². The van der Waals surface area contributed by atoms with Crippen molar-refractivity contribution in [2.45, 2.75) is 165 Å². The number of hydrogen-bond donors (Lipinski definition) is 0. The molecule has 0 saturated heterocycles. The molecule has 96 heavy (non-hydrogen) atoms. The van der Waals surface area contributed by atoms with E-state index in [1.54, 1.807) is 0 Å². The maximum Gasteiger partial charge on any atom is 0.196 e. The molecule has 0 aliphatic heterocycles. The summed E-state index contributed by atoms with van der Waals surface area (Å²) in [6, 6.07) is 0. The van der Waals surface area contributed by atoms with Gasteiger partial charge in [-0.05, 0) is 311 Å². The zero-order chi connectivity index (χ0) is 62.9. The van der Waals surface area contributed by atoms with Gasteiger partial charge in [-0.15, -0.1) is 24.7 Å². The van der Waals surface area contributed by atoms with Gasteiger partial charge in [-0.3, -0.25) is 0 Å². The number of rotatable bonds is 16. The maximum absolute atomic E-state index is 8.78.